The van der Waals surface area contributed by atoms with Crippen molar-refractivity contribution in [3.05, 3.63) is 61.3 Å². The Morgan fingerprint density at radius 2 is 1.89 bits per heavy atom. The smallest absolute Gasteiger partial charge is 0.221 e. The van der Waals surface area contributed by atoms with Crippen molar-refractivity contribution in [2.75, 3.05) is 10.6 Å². The Morgan fingerprint density at radius 3 is 2.79 bits per heavy atom. The molecule has 8 nitrogen and oxygen atoms in total. The Morgan fingerprint density at radius 1 is 1.04 bits per heavy atom. The van der Waals surface area contributed by atoms with Gasteiger partial charge in [0.05, 0.1) is 17.4 Å². The van der Waals surface area contributed by atoms with Crippen molar-refractivity contribution in [3.63, 3.8) is 0 Å². The summed E-state index contributed by atoms with van der Waals surface area (Å²) in [6, 6.07) is 9.38. The summed E-state index contributed by atoms with van der Waals surface area (Å²) in [6.07, 6.45) is 8.73. The summed E-state index contributed by atoms with van der Waals surface area (Å²) in [7, 11) is 0. The van der Waals surface area contributed by atoms with Gasteiger partial charge in [-0.15, -0.1) is 0 Å². The molecule has 0 aliphatic rings. The normalized spacial score (nSPS) is 11.2. The number of anilines is 3. The van der Waals surface area contributed by atoms with Gasteiger partial charge in [0.25, 0.3) is 0 Å². The lowest BCUT2D eigenvalue weighted by molar-refractivity contribution is -0.114. The molecule has 0 spiro atoms. The molecular weight excluding hydrogens is 354 g/mol. The standard InChI is InChI=1S/C20H15N7O/c1-12(28)23-13-3-2-4-14(9-13)24-18-15-10-21-6-5-16(15)25-20-19(18)26-17-11-22-7-8-27(17)20/h2-11H,1H3,(H,23,28)(H,24,25). The lowest BCUT2D eigenvalue weighted by Gasteiger charge is -2.12. The monoisotopic (exact) mass is 369 g/mol. The molecule has 5 aromatic rings. The highest BCUT2D eigenvalue weighted by molar-refractivity contribution is 6.07. The summed E-state index contributed by atoms with van der Waals surface area (Å²) in [5.41, 5.74) is 5.31. The van der Waals surface area contributed by atoms with Gasteiger partial charge < -0.3 is 10.6 Å². The van der Waals surface area contributed by atoms with Gasteiger partial charge >= 0.3 is 0 Å². The third kappa shape index (κ3) is 2.67. The van der Waals surface area contributed by atoms with E-state index in [0.717, 1.165) is 33.4 Å². The maximum atomic E-state index is 11.4. The third-order valence-electron chi connectivity index (χ3n) is 4.39. The molecule has 0 aliphatic heterocycles. The second-order valence-corrected chi connectivity index (χ2v) is 6.36. The zero-order valence-electron chi connectivity index (χ0n) is 14.9. The van der Waals surface area contributed by atoms with Gasteiger partial charge in [0.1, 0.15) is 5.52 Å². The fraction of sp³-hybridized carbons (Fsp3) is 0.0500. The predicted octanol–water partition coefficient (Wildman–Crippen LogP) is 3.53. The zero-order chi connectivity index (χ0) is 19.1. The van der Waals surface area contributed by atoms with Crippen LogP contribution in [-0.4, -0.2) is 30.2 Å². The highest BCUT2D eigenvalue weighted by Gasteiger charge is 2.15. The molecule has 8 heteroatoms. The van der Waals surface area contributed by atoms with E-state index in [9.17, 15) is 4.79 Å². The molecule has 0 fully saturated rings. The minimum atomic E-state index is -0.119. The van der Waals surface area contributed by atoms with Gasteiger partial charge in [-0.1, -0.05) is 6.07 Å². The first-order valence-corrected chi connectivity index (χ1v) is 8.69. The van der Waals surface area contributed by atoms with Crippen molar-refractivity contribution >= 4 is 50.7 Å². The van der Waals surface area contributed by atoms with E-state index in [-0.39, 0.29) is 5.91 Å². The van der Waals surface area contributed by atoms with Gasteiger partial charge in [-0.3, -0.25) is 19.2 Å². The number of carbonyl (C=O) groups excluding carboxylic acids is 1. The molecule has 0 radical (unpaired) electrons. The van der Waals surface area contributed by atoms with Gasteiger partial charge in [0.15, 0.2) is 11.3 Å². The van der Waals surface area contributed by atoms with Crippen molar-refractivity contribution in [2.45, 2.75) is 6.92 Å². The second kappa shape index (κ2) is 6.27. The first kappa shape index (κ1) is 16.1. The number of imidazole rings is 1. The summed E-state index contributed by atoms with van der Waals surface area (Å²) in [5, 5.41) is 7.09. The highest BCUT2D eigenvalue weighted by atomic mass is 16.1. The molecule has 0 bridgehead atoms. The maximum absolute atomic E-state index is 11.4. The van der Waals surface area contributed by atoms with Crippen molar-refractivity contribution < 1.29 is 4.79 Å². The first-order chi connectivity index (χ1) is 13.7. The van der Waals surface area contributed by atoms with Gasteiger partial charge in [-0.05, 0) is 24.3 Å². The molecule has 0 unspecified atom stereocenters. The lowest BCUT2D eigenvalue weighted by Crippen LogP contribution is -2.05. The Kier molecular flexibility index (Phi) is 3.61. The third-order valence-corrected chi connectivity index (χ3v) is 4.39. The fourth-order valence-corrected chi connectivity index (χ4v) is 3.24. The predicted molar refractivity (Wildman–Crippen MR) is 108 cm³/mol. The molecule has 1 aromatic carbocycles. The van der Waals surface area contributed by atoms with Crippen LogP contribution in [0.5, 0.6) is 0 Å². The molecule has 4 heterocycles. The number of rotatable bonds is 3. The van der Waals surface area contributed by atoms with Gasteiger partial charge in [0, 0.05) is 48.5 Å². The van der Waals surface area contributed by atoms with Crippen LogP contribution in [0.15, 0.2) is 61.3 Å². The van der Waals surface area contributed by atoms with Crippen LogP contribution in [-0.2, 0) is 4.79 Å². The summed E-state index contributed by atoms with van der Waals surface area (Å²) in [5.74, 6) is -0.119. The fourth-order valence-electron chi connectivity index (χ4n) is 3.24. The number of hydrogen-bond acceptors (Lipinski definition) is 6. The summed E-state index contributed by atoms with van der Waals surface area (Å²) in [4.78, 5) is 29.2. The van der Waals surface area contributed by atoms with Gasteiger partial charge in [-0.2, -0.15) is 0 Å². The van der Waals surface area contributed by atoms with Crippen LogP contribution in [0.1, 0.15) is 6.92 Å². The number of hydrogen-bond donors (Lipinski definition) is 2. The molecule has 28 heavy (non-hydrogen) atoms. The Bertz CT molecular complexity index is 1360. The number of benzene rings is 1. The largest absolute Gasteiger partial charge is 0.353 e. The zero-order valence-corrected chi connectivity index (χ0v) is 14.9. The average Bonchev–Trinajstić information content (AvgIpc) is 3.06. The van der Waals surface area contributed by atoms with Crippen LogP contribution in [0.25, 0.3) is 27.7 Å². The maximum Gasteiger partial charge on any atom is 0.221 e. The molecule has 0 atom stereocenters. The lowest BCUT2D eigenvalue weighted by atomic mass is 10.2. The first-order valence-electron chi connectivity index (χ1n) is 8.69. The van der Waals surface area contributed by atoms with Gasteiger partial charge in [-0.25, -0.2) is 9.97 Å². The van der Waals surface area contributed by atoms with Crippen molar-refractivity contribution in [1.29, 1.82) is 0 Å². The number of aromatic nitrogens is 5. The van der Waals surface area contributed by atoms with Crippen molar-refractivity contribution in [2.24, 2.45) is 0 Å². The van der Waals surface area contributed by atoms with E-state index in [2.05, 4.69) is 20.6 Å². The SMILES string of the molecule is CC(=O)Nc1cccc(Nc2c3cnccc3nc3c2nc2cnccn23)c1. The Balaban J connectivity index is 1.74. The Labute approximate surface area is 159 Å². The van der Waals surface area contributed by atoms with Crippen molar-refractivity contribution in [3.8, 4) is 0 Å². The highest BCUT2D eigenvalue weighted by Crippen LogP contribution is 2.33. The van der Waals surface area contributed by atoms with E-state index in [1.54, 1.807) is 24.8 Å². The van der Waals surface area contributed by atoms with E-state index in [4.69, 9.17) is 9.97 Å². The molecule has 136 valence electrons. The Hall–Kier alpha value is -4.07. The minimum Gasteiger partial charge on any atom is -0.353 e. The molecule has 1 amide bonds. The number of nitrogens with zero attached hydrogens (tertiary/aromatic N) is 5. The van der Waals surface area contributed by atoms with Crippen LogP contribution in [0.3, 0.4) is 0 Å². The van der Waals surface area contributed by atoms with Crippen LogP contribution in [0, 0.1) is 0 Å². The summed E-state index contributed by atoms with van der Waals surface area (Å²) in [6.45, 7) is 1.48. The van der Waals surface area contributed by atoms with Crippen molar-refractivity contribution in [1.82, 2.24) is 24.3 Å². The van der Waals surface area contributed by atoms with Gasteiger partial charge in [0.2, 0.25) is 5.91 Å². The number of amides is 1. The molecule has 5 rings (SSSR count). The average molecular weight is 369 g/mol. The van der Waals surface area contributed by atoms with E-state index in [1.165, 1.54) is 6.92 Å². The molecular formula is C20H15N7O. The van der Waals surface area contributed by atoms with Crippen LogP contribution in [0.4, 0.5) is 17.1 Å². The van der Waals surface area contributed by atoms with Crippen LogP contribution < -0.4 is 10.6 Å². The van der Waals surface area contributed by atoms with Crippen LogP contribution >= 0.6 is 0 Å². The molecule has 4 aromatic heterocycles. The minimum absolute atomic E-state index is 0.119. The van der Waals surface area contributed by atoms with Crippen LogP contribution in [0.2, 0.25) is 0 Å². The topological polar surface area (TPSA) is 97.1 Å². The summed E-state index contributed by atoms with van der Waals surface area (Å²) >= 11 is 0. The van der Waals surface area contributed by atoms with E-state index in [1.807, 2.05) is 40.9 Å². The summed E-state index contributed by atoms with van der Waals surface area (Å²) < 4.78 is 1.90. The molecule has 0 saturated carbocycles. The number of carbonyl (C=O) groups is 1. The quantitative estimate of drug-likeness (QED) is 0.505. The molecule has 0 saturated heterocycles. The van der Waals surface area contributed by atoms with E-state index < -0.39 is 0 Å². The number of fused-ring (bicyclic) bond motifs is 4. The van der Waals surface area contributed by atoms with E-state index >= 15 is 0 Å². The van der Waals surface area contributed by atoms with E-state index in [0.29, 0.717) is 11.3 Å². The number of nitrogens with one attached hydrogen (secondary N) is 2. The number of pyridine rings is 2. The molecule has 2 N–H and O–H groups in total. The second-order valence-electron chi connectivity index (χ2n) is 6.36. The molecule has 0 aliphatic carbocycles.